The summed E-state index contributed by atoms with van der Waals surface area (Å²) in [5.41, 5.74) is 1.10. The minimum absolute atomic E-state index is 0.260. The van der Waals surface area contributed by atoms with Crippen molar-refractivity contribution in [2.24, 2.45) is 0 Å². The molecule has 0 spiro atoms. The molecule has 0 atom stereocenters. The lowest BCUT2D eigenvalue weighted by Gasteiger charge is -2.15. The Kier molecular flexibility index (Phi) is 6.28. The summed E-state index contributed by atoms with van der Waals surface area (Å²) in [4.78, 5) is 13.9. The van der Waals surface area contributed by atoms with Crippen LogP contribution in [0.25, 0.3) is 0 Å². The Morgan fingerprint density at radius 3 is 2.86 bits per heavy atom. The predicted octanol–water partition coefficient (Wildman–Crippen LogP) is 2.35. The first-order valence-corrected chi connectivity index (χ1v) is 7.61. The number of carbonyl (C=O) groups is 1. The van der Waals surface area contributed by atoms with Crippen LogP contribution >= 0.6 is 0 Å². The van der Waals surface area contributed by atoms with Gasteiger partial charge in [-0.15, -0.1) is 0 Å². The van der Waals surface area contributed by atoms with Crippen molar-refractivity contribution < 1.29 is 9.53 Å². The van der Waals surface area contributed by atoms with Crippen LogP contribution in [0.5, 0.6) is 5.75 Å². The third kappa shape index (κ3) is 4.90. The molecule has 0 saturated carbocycles. The highest BCUT2D eigenvalue weighted by Crippen LogP contribution is 2.17. The van der Waals surface area contributed by atoms with Gasteiger partial charge in [0.15, 0.2) is 0 Å². The topological polar surface area (TPSA) is 41.6 Å². The molecule has 1 heterocycles. The van der Waals surface area contributed by atoms with Gasteiger partial charge in [-0.2, -0.15) is 0 Å². The van der Waals surface area contributed by atoms with Crippen molar-refractivity contribution in [1.82, 2.24) is 10.2 Å². The van der Waals surface area contributed by atoms with E-state index < -0.39 is 0 Å². The molecule has 4 nitrogen and oxygen atoms in total. The number of hydrogen-bond acceptors (Lipinski definition) is 3. The van der Waals surface area contributed by atoms with Crippen molar-refractivity contribution in [1.29, 1.82) is 0 Å². The largest absolute Gasteiger partial charge is 0.489 e. The van der Waals surface area contributed by atoms with Crippen molar-refractivity contribution in [2.45, 2.75) is 25.8 Å². The lowest BCUT2D eigenvalue weighted by Crippen LogP contribution is -2.30. The van der Waals surface area contributed by atoms with Crippen LogP contribution in [0.1, 0.15) is 24.8 Å². The van der Waals surface area contributed by atoms with Gasteiger partial charge in [0.2, 0.25) is 5.91 Å². The van der Waals surface area contributed by atoms with Crippen molar-refractivity contribution in [3.05, 3.63) is 42.5 Å². The molecule has 1 aliphatic rings. The zero-order valence-corrected chi connectivity index (χ0v) is 12.5. The first-order valence-electron chi connectivity index (χ1n) is 7.61. The molecule has 1 aliphatic heterocycles. The Labute approximate surface area is 126 Å². The highest BCUT2D eigenvalue weighted by atomic mass is 16.5. The molecule has 0 radical (unpaired) electrons. The Morgan fingerprint density at radius 1 is 1.33 bits per heavy atom. The molecule has 1 amide bonds. The number of para-hydroxylation sites is 1. The fourth-order valence-electron chi connectivity index (χ4n) is 2.48. The number of amides is 1. The maximum absolute atomic E-state index is 11.9. The van der Waals surface area contributed by atoms with Gasteiger partial charge >= 0.3 is 0 Å². The van der Waals surface area contributed by atoms with Crippen molar-refractivity contribution in [2.75, 3.05) is 26.2 Å². The molecular formula is C17H24N2O2. The van der Waals surface area contributed by atoms with Crippen LogP contribution in [-0.4, -0.2) is 37.0 Å². The molecule has 114 valence electrons. The van der Waals surface area contributed by atoms with E-state index in [1.807, 2.05) is 29.2 Å². The van der Waals surface area contributed by atoms with E-state index in [4.69, 9.17) is 4.74 Å². The summed E-state index contributed by atoms with van der Waals surface area (Å²) in [5.74, 6) is 1.13. The van der Waals surface area contributed by atoms with Crippen LogP contribution in [0.15, 0.2) is 36.9 Å². The molecule has 2 rings (SSSR count). The number of carbonyl (C=O) groups excluding carboxylic acids is 1. The highest BCUT2D eigenvalue weighted by Gasteiger charge is 2.16. The number of nitrogens with zero attached hydrogens (tertiary/aromatic N) is 1. The molecular weight excluding hydrogens is 264 g/mol. The molecule has 1 aromatic rings. The number of ether oxygens (including phenoxy) is 1. The Balaban J connectivity index is 1.72. The van der Waals surface area contributed by atoms with Gasteiger partial charge in [0.05, 0.1) is 0 Å². The monoisotopic (exact) mass is 288 g/mol. The predicted molar refractivity (Wildman–Crippen MR) is 84.3 cm³/mol. The van der Waals surface area contributed by atoms with E-state index in [2.05, 4.69) is 11.9 Å². The summed E-state index contributed by atoms with van der Waals surface area (Å²) in [7, 11) is 0. The highest BCUT2D eigenvalue weighted by molar-refractivity contribution is 5.76. The van der Waals surface area contributed by atoms with Gasteiger partial charge in [-0.1, -0.05) is 30.9 Å². The van der Waals surface area contributed by atoms with Crippen molar-refractivity contribution >= 4 is 5.91 Å². The molecule has 0 unspecified atom stereocenters. The average molecular weight is 288 g/mol. The summed E-state index contributed by atoms with van der Waals surface area (Å²) < 4.78 is 5.61. The maximum atomic E-state index is 11.9. The van der Waals surface area contributed by atoms with Crippen LogP contribution in [-0.2, 0) is 11.3 Å². The summed E-state index contributed by atoms with van der Waals surface area (Å²) >= 11 is 0. The first kappa shape index (κ1) is 15.6. The lowest BCUT2D eigenvalue weighted by molar-refractivity contribution is -0.130. The third-order valence-electron chi connectivity index (χ3n) is 3.62. The Morgan fingerprint density at radius 2 is 2.10 bits per heavy atom. The van der Waals surface area contributed by atoms with E-state index in [9.17, 15) is 4.79 Å². The Bertz CT molecular complexity index is 468. The van der Waals surface area contributed by atoms with E-state index in [-0.39, 0.29) is 5.91 Å². The summed E-state index contributed by atoms with van der Waals surface area (Å²) in [6, 6.07) is 7.94. The second kappa shape index (κ2) is 8.47. The smallest absolute Gasteiger partial charge is 0.223 e. The quantitative estimate of drug-likeness (QED) is 0.590. The zero-order valence-electron chi connectivity index (χ0n) is 12.5. The normalized spacial score (nSPS) is 14.2. The van der Waals surface area contributed by atoms with E-state index in [1.54, 1.807) is 6.08 Å². The number of likely N-dealkylation sites (tertiary alicyclic amines) is 1. The van der Waals surface area contributed by atoms with Gasteiger partial charge in [0, 0.05) is 38.2 Å². The van der Waals surface area contributed by atoms with E-state index in [0.29, 0.717) is 26.1 Å². The first-order chi connectivity index (χ1) is 10.3. The van der Waals surface area contributed by atoms with Gasteiger partial charge in [-0.25, -0.2) is 0 Å². The number of benzene rings is 1. The third-order valence-corrected chi connectivity index (χ3v) is 3.62. The Hall–Kier alpha value is -1.81. The van der Waals surface area contributed by atoms with Crippen LogP contribution in [0.3, 0.4) is 0 Å². The second-order valence-corrected chi connectivity index (χ2v) is 5.22. The van der Waals surface area contributed by atoms with Gasteiger partial charge < -0.3 is 15.0 Å². The zero-order chi connectivity index (χ0) is 14.9. The van der Waals surface area contributed by atoms with Crippen molar-refractivity contribution in [3.63, 3.8) is 0 Å². The molecule has 21 heavy (non-hydrogen) atoms. The van der Waals surface area contributed by atoms with Crippen LogP contribution in [0.4, 0.5) is 0 Å². The summed E-state index contributed by atoms with van der Waals surface area (Å²) in [5, 5.41) is 3.32. The van der Waals surface area contributed by atoms with Gasteiger partial charge in [-0.05, 0) is 18.9 Å². The second-order valence-electron chi connectivity index (χ2n) is 5.22. The minimum atomic E-state index is 0.260. The molecule has 0 aliphatic carbocycles. The molecule has 1 saturated heterocycles. The molecule has 0 bridgehead atoms. The van der Waals surface area contributed by atoms with Gasteiger partial charge in [0.1, 0.15) is 12.4 Å². The van der Waals surface area contributed by atoms with Crippen LogP contribution in [0, 0.1) is 0 Å². The number of hydrogen-bond donors (Lipinski definition) is 1. The molecule has 4 heteroatoms. The van der Waals surface area contributed by atoms with Gasteiger partial charge in [0.25, 0.3) is 0 Å². The summed E-state index contributed by atoms with van der Waals surface area (Å²) in [6.07, 6.45) is 4.59. The molecule has 1 N–H and O–H groups in total. The molecule has 1 aromatic carbocycles. The number of rotatable bonds is 8. The van der Waals surface area contributed by atoms with E-state index in [1.165, 1.54) is 0 Å². The molecule has 0 aromatic heterocycles. The number of nitrogens with one attached hydrogen (secondary N) is 1. The fraction of sp³-hybridized carbons (Fsp3) is 0.471. The van der Waals surface area contributed by atoms with Crippen LogP contribution < -0.4 is 10.1 Å². The molecule has 1 fully saturated rings. The minimum Gasteiger partial charge on any atom is -0.489 e. The fourth-order valence-corrected chi connectivity index (χ4v) is 2.48. The van der Waals surface area contributed by atoms with Gasteiger partial charge in [-0.3, -0.25) is 4.79 Å². The van der Waals surface area contributed by atoms with Crippen LogP contribution in [0.2, 0.25) is 0 Å². The average Bonchev–Trinajstić information content (AvgIpc) is 3.04. The van der Waals surface area contributed by atoms with E-state index >= 15 is 0 Å². The maximum Gasteiger partial charge on any atom is 0.223 e. The lowest BCUT2D eigenvalue weighted by atomic mass is 10.2. The van der Waals surface area contributed by atoms with Crippen molar-refractivity contribution in [3.8, 4) is 5.75 Å². The van der Waals surface area contributed by atoms with E-state index in [0.717, 1.165) is 37.2 Å². The summed E-state index contributed by atoms with van der Waals surface area (Å²) in [6.45, 7) is 7.42. The standard InChI is InChI=1S/C17H24N2O2/c1-2-13-21-16-8-4-3-7-15(16)14-18-10-9-17(20)19-11-5-6-12-19/h2-4,7-8,18H,1,5-6,9-14H2. The SMILES string of the molecule is C=CCOc1ccccc1CNCCC(=O)N1CCCC1.